The zero-order valence-corrected chi connectivity index (χ0v) is 16.8. The number of carbonyl (C=O) groups excluding carboxylic acids is 2. The first-order valence-electron chi connectivity index (χ1n) is 9.21. The van der Waals surface area contributed by atoms with Gasteiger partial charge in [0.05, 0.1) is 6.54 Å². The van der Waals surface area contributed by atoms with E-state index >= 15 is 0 Å². The number of likely N-dealkylation sites (tertiary alicyclic amines) is 1. The topological polar surface area (TPSA) is 49.9 Å². The molecule has 2 aliphatic heterocycles. The molecular weight excluding hydrogens is 427 g/mol. The van der Waals surface area contributed by atoms with Crippen LogP contribution in [-0.2, 0) is 11.3 Å². The Morgan fingerprint density at radius 2 is 1.71 bits per heavy atom. The highest BCUT2D eigenvalue weighted by Crippen LogP contribution is 2.34. The quantitative estimate of drug-likeness (QED) is 0.709. The zero-order chi connectivity index (χ0) is 19.7. The number of hydrogen-bond donors (Lipinski definition) is 0. The van der Waals surface area contributed by atoms with Gasteiger partial charge in [-0.15, -0.1) is 0 Å². The van der Waals surface area contributed by atoms with E-state index in [9.17, 15) is 14.0 Å². The molecule has 2 aromatic rings. The number of rotatable bonds is 3. The van der Waals surface area contributed by atoms with Crippen molar-refractivity contribution in [3.05, 3.63) is 69.9 Å². The number of nitrogens with zero attached hydrogens (tertiary/aromatic N) is 2. The Labute approximate surface area is 171 Å². The molecule has 4 rings (SSSR count). The maximum absolute atomic E-state index is 13.1. The normalized spacial score (nSPS) is 18.4. The van der Waals surface area contributed by atoms with Gasteiger partial charge in [0.15, 0.2) is 0 Å². The van der Waals surface area contributed by atoms with E-state index in [0.29, 0.717) is 44.6 Å². The molecule has 2 aromatic carbocycles. The molecule has 146 valence electrons. The molecule has 0 saturated carbocycles. The van der Waals surface area contributed by atoms with E-state index in [1.165, 1.54) is 12.1 Å². The van der Waals surface area contributed by atoms with Crippen LogP contribution < -0.4 is 0 Å². The summed E-state index contributed by atoms with van der Waals surface area (Å²) in [6.07, 6.45) is 0.874. The van der Waals surface area contributed by atoms with E-state index in [0.717, 1.165) is 10.0 Å². The van der Waals surface area contributed by atoms with Crippen LogP contribution in [0.1, 0.15) is 28.8 Å². The van der Waals surface area contributed by atoms with Gasteiger partial charge in [0.1, 0.15) is 11.4 Å². The second-order valence-electron chi connectivity index (χ2n) is 7.33. The van der Waals surface area contributed by atoms with Crippen LogP contribution in [0.25, 0.3) is 0 Å². The van der Waals surface area contributed by atoms with Crippen LogP contribution in [0.5, 0.6) is 0 Å². The van der Waals surface area contributed by atoms with Crippen molar-refractivity contribution in [2.75, 3.05) is 19.6 Å². The lowest BCUT2D eigenvalue weighted by atomic mass is 9.91. The molecule has 2 amide bonds. The van der Waals surface area contributed by atoms with Gasteiger partial charge in [0.25, 0.3) is 5.91 Å². The smallest absolute Gasteiger partial charge is 0.410 e. The highest BCUT2D eigenvalue weighted by atomic mass is 79.9. The number of carbonyl (C=O) groups is 2. The molecule has 7 heteroatoms. The van der Waals surface area contributed by atoms with E-state index in [1.807, 2.05) is 17.0 Å². The first-order valence-corrected chi connectivity index (χ1v) is 10.0. The van der Waals surface area contributed by atoms with Gasteiger partial charge < -0.3 is 9.64 Å². The summed E-state index contributed by atoms with van der Waals surface area (Å²) in [6.45, 7) is 1.98. The van der Waals surface area contributed by atoms with Crippen LogP contribution >= 0.6 is 15.9 Å². The molecule has 0 unspecified atom stereocenters. The van der Waals surface area contributed by atoms with E-state index < -0.39 is 5.60 Å². The highest BCUT2D eigenvalue weighted by Gasteiger charge is 2.47. The van der Waals surface area contributed by atoms with Crippen LogP contribution in [-0.4, -0.2) is 47.0 Å². The third-order valence-corrected chi connectivity index (χ3v) is 5.91. The molecule has 2 fully saturated rings. The Bertz CT molecular complexity index is 878. The largest absolute Gasteiger partial charge is 0.441 e. The van der Waals surface area contributed by atoms with Crippen LogP contribution in [0.4, 0.5) is 9.18 Å². The van der Waals surface area contributed by atoms with Crippen LogP contribution in [0.3, 0.4) is 0 Å². The van der Waals surface area contributed by atoms with Crippen molar-refractivity contribution in [3.8, 4) is 0 Å². The van der Waals surface area contributed by atoms with Crippen molar-refractivity contribution in [1.82, 2.24) is 9.80 Å². The average molecular weight is 447 g/mol. The summed E-state index contributed by atoms with van der Waals surface area (Å²) in [5.74, 6) is -0.304. The first kappa shape index (κ1) is 18.9. The predicted molar refractivity (Wildman–Crippen MR) is 105 cm³/mol. The lowest BCUT2D eigenvalue weighted by Crippen LogP contribution is -2.48. The molecule has 28 heavy (non-hydrogen) atoms. The van der Waals surface area contributed by atoms with Gasteiger partial charge in [0.2, 0.25) is 0 Å². The van der Waals surface area contributed by atoms with Crippen molar-refractivity contribution in [2.24, 2.45) is 0 Å². The third kappa shape index (κ3) is 3.90. The fraction of sp³-hybridized carbons (Fsp3) is 0.333. The van der Waals surface area contributed by atoms with Crippen LogP contribution in [0, 0.1) is 5.82 Å². The first-order chi connectivity index (χ1) is 13.4. The number of amides is 2. The fourth-order valence-corrected chi connectivity index (χ4v) is 4.04. The number of piperidine rings is 1. The summed E-state index contributed by atoms with van der Waals surface area (Å²) < 4.78 is 19.7. The van der Waals surface area contributed by atoms with Gasteiger partial charge in [-0.25, -0.2) is 9.18 Å². The Hall–Kier alpha value is -2.41. The Morgan fingerprint density at radius 1 is 1.07 bits per heavy atom. The van der Waals surface area contributed by atoms with Crippen LogP contribution in [0.2, 0.25) is 0 Å². The second kappa shape index (κ2) is 7.54. The minimum atomic E-state index is -0.548. The van der Waals surface area contributed by atoms with E-state index in [-0.39, 0.29) is 17.8 Å². The monoisotopic (exact) mass is 446 g/mol. The number of halogens is 2. The van der Waals surface area contributed by atoms with Gasteiger partial charge in [-0.2, -0.15) is 0 Å². The zero-order valence-electron chi connectivity index (χ0n) is 15.2. The molecule has 0 N–H and O–H groups in total. The molecule has 0 bridgehead atoms. The molecule has 2 saturated heterocycles. The fourth-order valence-electron chi connectivity index (χ4n) is 3.78. The van der Waals surface area contributed by atoms with Crippen molar-refractivity contribution >= 4 is 27.9 Å². The number of hydrogen-bond acceptors (Lipinski definition) is 3. The maximum Gasteiger partial charge on any atom is 0.410 e. The van der Waals surface area contributed by atoms with Crippen molar-refractivity contribution in [2.45, 2.75) is 25.0 Å². The van der Waals surface area contributed by atoms with Gasteiger partial charge >= 0.3 is 6.09 Å². The summed E-state index contributed by atoms with van der Waals surface area (Å²) >= 11 is 3.37. The summed E-state index contributed by atoms with van der Waals surface area (Å²) in [7, 11) is 0. The van der Waals surface area contributed by atoms with Crippen molar-refractivity contribution in [1.29, 1.82) is 0 Å². The number of ether oxygens (including phenoxy) is 1. The molecule has 0 radical (unpaired) electrons. The minimum Gasteiger partial charge on any atom is -0.441 e. The molecular formula is C21H20BrFN2O3. The van der Waals surface area contributed by atoms with E-state index in [1.54, 1.807) is 29.2 Å². The summed E-state index contributed by atoms with van der Waals surface area (Å²) in [6, 6.07) is 13.4. The molecule has 2 heterocycles. The Balaban J connectivity index is 1.37. The van der Waals surface area contributed by atoms with Gasteiger partial charge in [-0.1, -0.05) is 28.1 Å². The van der Waals surface area contributed by atoms with E-state index in [4.69, 9.17) is 4.74 Å². The molecule has 1 spiro atoms. The van der Waals surface area contributed by atoms with Crippen molar-refractivity contribution < 1.29 is 18.7 Å². The second-order valence-corrected chi connectivity index (χ2v) is 8.25. The highest BCUT2D eigenvalue weighted by molar-refractivity contribution is 9.10. The van der Waals surface area contributed by atoms with E-state index in [2.05, 4.69) is 15.9 Å². The average Bonchev–Trinajstić information content (AvgIpc) is 2.99. The van der Waals surface area contributed by atoms with Gasteiger partial charge in [0, 0.05) is 42.5 Å². The lowest BCUT2D eigenvalue weighted by molar-refractivity contribution is 0.00313. The van der Waals surface area contributed by atoms with Gasteiger partial charge in [-0.05, 0) is 42.0 Å². The minimum absolute atomic E-state index is 0.00478. The summed E-state index contributed by atoms with van der Waals surface area (Å²) in [5, 5.41) is 0. The summed E-state index contributed by atoms with van der Waals surface area (Å²) in [5.41, 5.74) is 0.965. The lowest BCUT2D eigenvalue weighted by Gasteiger charge is -2.37. The maximum atomic E-state index is 13.1. The Morgan fingerprint density at radius 3 is 2.36 bits per heavy atom. The Kier molecular flexibility index (Phi) is 5.10. The van der Waals surface area contributed by atoms with Crippen LogP contribution in [0.15, 0.2) is 53.0 Å². The SMILES string of the molecule is O=C1OC2(CCN(C(=O)c3ccc(Br)cc3)CC2)CN1Cc1ccc(F)cc1. The number of benzene rings is 2. The molecule has 0 aliphatic carbocycles. The molecule has 0 aromatic heterocycles. The van der Waals surface area contributed by atoms with Crippen molar-refractivity contribution in [3.63, 3.8) is 0 Å². The molecule has 0 atom stereocenters. The predicted octanol–water partition coefficient (Wildman–Crippen LogP) is 4.22. The van der Waals surface area contributed by atoms with Gasteiger partial charge in [-0.3, -0.25) is 9.69 Å². The summed E-state index contributed by atoms with van der Waals surface area (Å²) in [4.78, 5) is 28.5. The third-order valence-electron chi connectivity index (χ3n) is 5.38. The molecule has 5 nitrogen and oxygen atoms in total. The molecule has 2 aliphatic rings. The standard InChI is InChI=1S/C21H20BrFN2O3/c22-17-5-3-16(4-6-17)19(26)24-11-9-21(10-12-24)14-25(20(27)28-21)13-15-1-7-18(23)8-2-15/h1-8H,9-14H2.